The highest BCUT2D eigenvalue weighted by Crippen LogP contribution is 2.24. The van der Waals surface area contributed by atoms with Crippen molar-refractivity contribution in [2.75, 3.05) is 7.11 Å². The van der Waals surface area contributed by atoms with Gasteiger partial charge in [0.15, 0.2) is 0 Å². The number of rotatable bonds is 7. The van der Waals surface area contributed by atoms with Gasteiger partial charge in [0, 0.05) is 19.0 Å². The predicted octanol–water partition coefficient (Wildman–Crippen LogP) is 1.04. The molecule has 5 nitrogen and oxygen atoms in total. The van der Waals surface area contributed by atoms with Crippen molar-refractivity contribution in [3.05, 3.63) is 11.9 Å². The van der Waals surface area contributed by atoms with E-state index in [-0.39, 0.29) is 6.10 Å². The number of ether oxygens (including phenoxy) is 1. The zero-order valence-corrected chi connectivity index (χ0v) is 13.6. The average Bonchev–Trinajstić information content (AvgIpc) is 2.67. The Morgan fingerprint density at radius 2 is 2.00 bits per heavy atom. The van der Waals surface area contributed by atoms with Crippen LogP contribution in [0.3, 0.4) is 0 Å². The maximum atomic E-state index is 10.1. The van der Waals surface area contributed by atoms with E-state index in [1.54, 1.807) is 34.6 Å². The Labute approximate surface area is 122 Å². The maximum absolute atomic E-state index is 10.1. The normalized spacial score (nSPS) is 14.4. The molecule has 1 aromatic rings. The van der Waals surface area contributed by atoms with Crippen LogP contribution < -0.4 is 5.46 Å². The monoisotopic (exact) mass is 281 g/mol. The predicted molar refractivity (Wildman–Crippen MR) is 80.3 cm³/mol. The molecule has 0 aliphatic rings. The van der Waals surface area contributed by atoms with E-state index in [0.717, 1.165) is 11.2 Å². The lowest BCUT2D eigenvalue weighted by Gasteiger charge is -2.37. The van der Waals surface area contributed by atoms with E-state index in [4.69, 9.17) is 9.39 Å². The quantitative estimate of drug-likeness (QED) is 0.759. The van der Waals surface area contributed by atoms with Gasteiger partial charge in [-0.05, 0) is 47.0 Å². The molecule has 0 fully saturated rings. The van der Waals surface area contributed by atoms with Crippen LogP contribution in [0, 0.1) is 6.92 Å². The molecule has 0 spiro atoms. The van der Waals surface area contributed by atoms with E-state index in [9.17, 15) is 5.11 Å². The van der Waals surface area contributed by atoms with Crippen LogP contribution in [0.4, 0.5) is 0 Å². The van der Waals surface area contributed by atoms with Crippen molar-refractivity contribution in [3.8, 4) is 0 Å². The van der Waals surface area contributed by atoms with Crippen LogP contribution in [-0.4, -0.2) is 46.8 Å². The zero-order valence-electron chi connectivity index (χ0n) is 13.6. The molecule has 1 radical (unpaired) electrons. The summed E-state index contributed by atoms with van der Waals surface area (Å²) >= 11 is 0. The summed E-state index contributed by atoms with van der Waals surface area (Å²) in [5.74, 6) is 0. The molecular weight excluding hydrogens is 255 g/mol. The Balaban J connectivity index is 2.71. The third-order valence-electron chi connectivity index (χ3n) is 3.93. The lowest BCUT2D eigenvalue weighted by atomic mass is 9.83. The van der Waals surface area contributed by atoms with E-state index in [1.165, 1.54) is 0 Å². The Kier molecular flexibility index (Phi) is 5.41. The van der Waals surface area contributed by atoms with Gasteiger partial charge in [0.05, 0.1) is 23.9 Å². The van der Waals surface area contributed by atoms with E-state index in [2.05, 4.69) is 5.10 Å². The molecule has 1 rings (SSSR count). The first-order valence-electron chi connectivity index (χ1n) is 6.87. The number of hydrogen-bond donors (Lipinski definition) is 1. The van der Waals surface area contributed by atoms with E-state index in [0.29, 0.717) is 6.54 Å². The van der Waals surface area contributed by atoms with Gasteiger partial charge in [-0.3, -0.25) is 4.68 Å². The molecule has 0 aromatic carbocycles. The van der Waals surface area contributed by atoms with Gasteiger partial charge >= 0.3 is 7.48 Å². The standard InChI is InChI=1S/C14H26BN2O3/c1-10(19-7)9-17-11(2)12(8-16-17)15-20-14(5,6)13(3,4)18/h8,10,18H,9H2,1-7H3. The van der Waals surface area contributed by atoms with Gasteiger partial charge in [0.2, 0.25) is 0 Å². The third kappa shape index (κ3) is 4.07. The second-order valence-electron chi connectivity index (χ2n) is 6.22. The summed E-state index contributed by atoms with van der Waals surface area (Å²) in [4.78, 5) is 0. The van der Waals surface area contributed by atoms with Gasteiger partial charge in [0.25, 0.3) is 0 Å². The molecule has 1 aromatic heterocycles. The van der Waals surface area contributed by atoms with Crippen LogP contribution in [0.5, 0.6) is 0 Å². The van der Waals surface area contributed by atoms with Gasteiger partial charge in [-0.15, -0.1) is 0 Å². The Bertz CT molecular complexity index is 438. The minimum Gasteiger partial charge on any atom is -0.426 e. The van der Waals surface area contributed by atoms with Crippen molar-refractivity contribution < 1.29 is 14.5 Å². The highest BCUT2D eigenvalue weighted by atomic mass is 16.5. The highest BCUT2D eigenvalue weighted by Gasteiger charge is 2.36. The fourth-order valence-electron chi connectivity index (χ4n) is 1.43. The second-order valence-corrected chi connectivity index (χ2v) is 6.22. The summed E-state index contributed by atoms with van der Waals surface area (Å²) in [6.45, 7) is 11.9. The van der Waals surface area contributed by atoms with E-state index >= 15 is 0 Å². The second kappa shape index (κ2) is 6.29. The molecule has 1 N–H and O–H groups in total. The van der Waals surface area contributed by atoms with Gasteiger partial charge < -0.3 is 14.5 Å². The largest absolute Gasteiger partial charge is 0.426 e. The Morgan fingerprint density at radius 3 is 2.50 bits per heavy atom. The first-order valence-corrected chi connectivity index (χ1v) is 6.87. The van der Waals surface area contributed by atoms with Gasteiger partial charge in [-0.25, -0.2) is 0 Å². The van der Waals surface area contributed by atoms with Gasteiger partial charge in [-0.1, -0.05) is 0 Å². The number of methoxy groups -OCH3 is 1. The van der Waals surface area contributed by atoms with Crippen LogP contribution in [0.15, 0.2) is 6.20 Å². The fraction of sp³-hybridized carbons (Fsp3) is 0.786. The molecule has 0 bridgehead atoms. The smallest absolute Gasteiger partial charge is 0.334 e. The van der Waals surface area contributed by atoms with Crippen molar-refractivity contribution in [2.24, 2.45) is 0 Å². The van der Waals surface area contributed by atoms with Gasteiger partial charge in [0.1, 0.15) is 0 Å². The molecule has 0 aliphatic carbocycles. The first kappa shape index (κ1) is 17.2. The number of aromatic nitrogens is 2. The minimum atomic E-state index is -0.933. The number of nitrogens with zero attached hydrogens (tertiary/aromatic N) is 2. The van der Waals surface area contributed by atoms with Crippen molar-refractivity contribution in [3.63, 3.8) is 0 Å². The van der Waals surface area contributed by atoms with E-state index < -0.39 is 11.2 Å². The molecule has 1 heterocycles. The molecule has 0 saturated heterocycles. The topological polar surface area (TPSA) is 56.5 Å². The Morgan fingerprint density at radius 1 is 1.40 bits per heavy atom. The van der Waals surface area contributed by atoms with Crippen LogP contribution in [0.1, 0.15) is 40.3 Å². The van der Waals surface area contributed by atoms with Crippen LogP contribution in [0.25, 0.3) is 0 Å². The third-order valence-corrected chi connectivity index (χ3v) is 3.93. The van der Waals surface area contributed by atoms with Crippen molar-refractivity contribution in [1.82, 2.24) is 9.78 Å². The summed E-state index contributed by atoms with van der Waals surface area (Å²) in [6.07, 6.45) is 1.87. The van der Waals surface area contributed by atoms with Crippen LogP contribution in [-0.2, 0) is 15.9 Å². The fourth-order valence-corrected chi connectivity index (χ4v) is 1.43. The summed E-state index contributed by atoms with van der Waals surface area (Å²) < 4.78 is 12.9. The molecule has 0 amide bonds. The molecule has 1 unspecified atom stereocenters. The molecular formula is C14H26BN2O3. The van der Waals surface area contributed by atoms with Crippen molar-refractivity contribution >= 4 is 12.9 Å². The summed E-state index contributed by atoms with van der Waals surface area (Å²) in [6, 6.07) is 0. The van der Waals surface area contributed by atoms with E-state index in [1.807, 2.05) is 32.4 Å². The molecule has 6 heteroatoms. The van der Waals surface area contributed by atoms with Crippen LogP contribution in [0.2, 0.25) is 0 Å². The average molecular weight is 281 g/mol. The lowest BCUT2D eigenvalue weighted by Crippen LogP contribution is -2.49. The molecule has 20 heavy (non-hydrogen) atoms. The molecule has 0 aliphatic heterocycles. The summed E-state index contributed by atoms with van der Waals surface area (Å²) in [5.41, 5.74) is 0.311. The molecule has 113 valence electrons. The summed E-state index contributed by atoms with van der Waals surface area (Å²) in [7, 11) is 3.35. The minimum absolute atomic E-state index is 0.107. The van der Waals surface area contributed by atoms with Crippen molar-refractivity contribution in [2.45, 2.75) is 65.4 Å². The first-order chi connectivity index (χ1) is 9.08. The maximum Gasteiger partial charge on any atom is 0.334 e. The number of aliphatic hydroxyl groups is 1. The zero-order chi connectivity index (χ0) is 15.6. The SMILES string of the molecule is COC(C)Cn1ncc([B]OC(C)(C)C(C)(C)O)c1C. The highest BCUT2D eigenvalue weighted by molar-refractivity contribution is 6.47. The summed E-state index contributed by atoms with van der Waals surface area (Å²) in [5, 5.41) is 14.4. The lowest BCUT2D eigenvalue weighted by molar-refractivity contribution is -0.0893. The number of hydrogen-bond acceptors (Lipinski definition) is 4. The van der Waals surface area contributed by atoms with Crippen LogP contribution >= 0.6 is 0 Å². The van der Waals surface area contributed by atoms with Gasteiger partial charge in [-0.2, -0.15) is 5.10 Å². The Hall–Kier alpha value is -0.845. The van der Waals surface area contributed by atoms with Crippen molar-refractivity contribution in [1.29, 1.82) is 0 Å². The molecule has 1 atom stereocenters. The molecule has 0 saturated carbocycles.